The second kappa shape index (κ2) is 2.94. The van der Waals surface area contributed by atoms with Gasteiger partial charge in [-0.1, -0.05) is 0 Å². The van der Waals surface area contributed by atoms with Crippen molar-refractivity contribution in [1.29, 1.82) is 0 Å². The van der Waals surface area contributed by atoms with Crippen LogP contribution in [0.25, 0.3) is 0 Å². The number of hydrogen-bond donors (Lipinski definition) is 2. The Bertz CT molecular complexity index is 216. The summed E-state index contributed by atoms with van der Waals surface area (Å²) >= 11 is 0. The van der Waals surface area contributed by atoms with Gasteiger partial charge in [-0.15, -0.1) is 0 Å². The molecular formula is C8H17N3O2. The molecule has 1 saturated heterocycles. The molecule has 5 nitrogen and oxygen atoms in total. The molecule has 0 atom stereocenters. The Kier molecular flexibility index (Phi) is 2.36. The number of rotatable bonds is 2. The highest BCUT2D eigenvalue weighted by atomic mass is 16.7. The Balaban J connectivity index is 2.38. The summed E-state index contributed by atoms with van der Waals surface area (Å²) in [5.41, 5.74) is 9.62. The van der Waals surface area contributed by atoms with Crippen LogP contribution in [0.2, 0.25) is 0 Å². The number of primary amides is 1. The van der Waals surface area contributed by atoms with Gasteiger partial charge in [0.25, 0.3) is 0 Å². The first-order valence-corrected chi connectivity index (χ1v) is 4.26. The quantitative estimate of drug-likeness (QED) is 0.594. The lowest BCUT2D eigenvalue weighted by molar-refractivity contribution is -0.275. The third-order valence-corrected chi connectivity index (χ3v) is 1.81. The highest BCUT2D eigenvalue weighted by molar-refractivity contribution is 5.86. The number of nitrogens with zero attached hydrogens (tertiary/aromatic N) is 1. The minimum absolute atomic E-state index is 0.251. The summed E-state index contributed by atoms with van der Waals surface area (Å²) in [5, 5.41) is 1.66. The van der Waals surface area contributed by atoms with Crippen LogP contribution in [-0.2, 0) is 9.63 Å². The van der Waals surface area contributed by atoms with E-state index in [1.807, 2.05) is 20.8 Å². The third-order valence-electron chi connectivity index (χ3n) is 1.81. The van der Waals surface area contributed by atoms with Crippen LogP contribution < -0.4 is 11.5 Å². The zero-order valence-corrected chi connectivity index (χ0v) is 8.33. The molecule has 0 saturated carbocycles. The van der Waals surface area contributed by atoms with Gasteiger partial charge in [-0.25, -0.2) is 0 Å². The van der Waals surface area contributed by atoms with Crippen LogP contribution in [0.4, 0.5) is 0 Å². The van der Waals surface area contributed by atoms with E-state index in [1.165, 1.54) is 0 Å². The highest BCUT2D eigenvalue weighted by Crippen LogP contribution is 2.22. The number of hydroxylamine groups is 2. The second-order valence-electron chi connectivity index (χ2n) is 4.52. The lowest BCUT2D eigenvalue weighted by atomic mass is 9.93. The fourth-order valence-corrected chi connectivity index (χ4v) is 1.19. The molecule has 0 aliphatic carbocycles. The van der Waals surface area contributed by atoms with E-state index >= 15 is 0 Å². The molecule has 1 aliphatic heterocycles. The Morgan fingerprint density at radius 1 is 1.46 bits per heavy atom. The van der Waals surface area contributed by atoms with Crippen molar-refractivity contribution < 1.29 is 9.63 Å². The van der Waals surface area contributed by atoms with E-state index < -0.39 is 11.4 Å². The maximum Gasteiger partial charge on any atom is 0.240 e. The molecule has 0 aromatic carbocycles. The largest absolute Gasteiger partial charge is 0.368 e. The Hall–Kier alpha value is -0.650. The summed E-state index contributed by atoms with van der Waals surface area (Å²) in [5.74, 6) is -0.471. The van der Waals surface area contributed by atoms with Crippen LogP contribution in [0.5, 0.6) is 0 Å². The molecule has 0 unspecified atom stereocenters. The molecule has 1 fully saturated rings. The van der Waals surface area contributed by atoms with E-state index in [-0.39, 0.29) is 5.60 Å². The van der Waals surface area contributed by atoms with Crippen molar-refractivity contribution in [2.24, 2.45) is 11.5 Å². The molecule has 4 N–H and O–H groups in total. The normalized spacial score (nSPS) is 22.5. The van der Waals surface area contributed by atoms with Gasteiger partial charge >= 0.3 is 0 Å². The van der Waals surface area contributed by atoms with Gasteiger partial charge < -0.3 is 11.5 Å². The SMILES string of the molecule is CC(C)(C)ON1CC(N)(C(N)=O)C1. The van der Waals surface area contributed by atoms with Gasteiger partial charge in [-0.2, -0.15) is 5.06 Å². The van der Waals surface area contributed by atoms with Crippen LogP contribution in [0.15, 0.2) is 0 Å². The van der Waals surface area contributed by atoms with Crippen LogP contribution in [0.3, 0.4) is 0 Å². The number of amides is 1. The minimum Gasteiger partial charge on any atom is -0.368 e. The summed E-state index contributed by atoms with van der Waals surface area (Å²) in [6.07, 6.45) is 0. The lowest BCUT2D eigenvalue weighted by Crippen LogP contribution is -2.73. The first kappa shape index (κ1) is 10.4. The highest BCUT2D eigenvalue weighted by Gasteiger charge is 2.46. The predicted octanol–water partition coefficient (Wildman–Crippen LogP) is -0.785. The number of nitrogens with two attached hydrogens (primary N) is 2. The van der Waals surface area contributed by atoms with Gasteiger partial charge in [0.1, 0.15) is 5.54 Å². The zero-order valence-electron chi connectivity index (χ0n) is 8.33. The number of hydrogen-bond acceptors (Lipinski definition) is 4. The molecule has 0 bridgehead atoms. The van der Waals surface area contributed by atoms with E-state index in [0.717, 1.165) is 0 Å². The smallest absolute Gasteiger partial charge is 0.240 e. The Labute approximate surface area is 78.0 Å². The molecule has 0 spiro atoms. The molecule has 1 heterocycles. The monoisotopic (exact) mass is 187 g/mol. The summed E-state index contributed by atoms with van der Waals surface area (Å²) in [4.78, 5) is 16.3. The fourth-order valence-electron chi connectivity index (χ4n) is 1.19. The van der Waals surface area contributed by atoms with Crippen LogP contribution in [-0.4, -0.2) is 35.2 Å². The zero-order chi connectivity index (χ0) is 10.3. The predicted molar refractivity (Wildman–Crippen MR) is 48.5 cm³/mol. The van der Waals surface area contributed by atoms with Crippen molar-refractivity contribution in [1.82, 2.24) is 5.06 Å². The van der Waals surface area contributed by atoms with Crippen molar-refractivity contribution in [2.45, 2.75) is 31.9 Å². The third kappa shape index (κ3) is 2.40. The lowest BCUT2D eigenvalue weighted by Gasteiger charge is -2.46. The Morgan fingerprint density at radius 3 is 2.23 bits per heavy atom. The molecule has 0 aromatic heterocycles. The fraction of sp³-hybridized carbons (Fsp3) is 0.875. The summed E-state index contributed by atoms with van der Waals surface area (Å²) in [6.45, 7) is 6.56. The molecule has 0 aromatic rings. The van der Waals surface area contributed by atoms with Gasteiger partial charge in [0.2, 0.25) is 5.91 Å². The average Bonchev–Trinajstić information content (AvgIpc) is 1.79. The molecule has 5 heteroatoms. The maximum atomic E-state index is 10.8. The topological polar surface area (TPSA) is 81.6 Å². The van der Waals surface area contributed by atoms with Crippen LogP contribution in [0.1, 0.15) is 20.8 Å². The minimum atomic E-state index is -0.898. The molecule has 76 valence electrons. The standard InChI is InChI=1S/C8H17N3O2/c1-7(2,3)13-11-4-8(10,5-11)6(9)12/h4-5,10H2,1-3H3,(H2,9,12). The van der Waals surface area contributed by atoms with Gasteiger partial charge in [0, 0.05) is 0 Å². The molecular weight excluding hydrogens is 170 g/mol. The van der Waals surface area contributed by atoms with E-state index in [2.05, 4.69) is 0 Å². The van der Waals surface area contributed by atoms with E-state index in [9.17, 15) is 4.79 Å². The van der Waals surface area contributed by atoms with Gasteiger partial charge in [0.15, 0.2) is 0 Å². The van der Waals surface area contributed by atoms with Gasteiger partial charge in [0.05, 0.1) is 18.7 Å². The van der Waals surface area contributed by atoms with Crippen LogP contribution in [0, 0.1) is 0 Å². The summed E-state index contributed by atoms with van der Waals surface area (Å²) in [7, 11) is 0. The van der Waals surface area contributed by atoms with E-state index in [1.54, 1.807) is 5.06 Å². The molecule has 13 heavy (non-hydrogen) atoms. The van der Waals surface area contributed by atoms with Gasteiger partial charge in [-0.05, 0) is 20.8 Å². The first-order valence-electron chi connectivity index (χ1n) is 4.26. The average molecular weight is 187 g/mol. The van der Waals surface area contributed by atoms with Crippen molar-refractivity contribution in [3.8, 4) is 0 Å². The molecule has 1 rings (SSSR count). The number of carbonyl (C=O) groups is 1. The molecule has 0 radical (unpaired) electrons. The Morgan fingerprint density at radius 2 is 1.92 bits per heavy atom. The molecule has 1 amide bonds. The number of carbonyl (C=O) groups excluding carboxylic acids is 1. The summed E-state index contributed by atoms with van der Waals surface area (Å²) in [6, 6.07) is 0. The molecule has 1 aliphatic rings. The van der Waals surface area contributed by atoms with Crippen LogP contribution >= 0.6 is 0 Å². The maximum absolute atomic E-state index is 10.8. The van der Waals surface area contributed by atoms with E-state index in [0.29, 0.717) is 13.1 Å². The van der Waals surface area contributed by atoms with E-state index in [4.69, 9.17) is 16.3 Å². The first-order chi connectivity index (χ1) is 5.73. The second-order valence-corrected chi connectivity index (χ2v) is 4.52. The summed E-state index contributed by atoms with van der Waals surface area (Å²) < 4.78 is 0. The van der Waals surface area contributed by atoms with Crippen molar-refractivity contribution in [2.75, 3.05) is 13.1 Å². The van der Waals surface area contributed by atoms with Crippen molar-refractivity contribution in [3.05, 3.63) is 0 Å². The van der Waals surface area contributed by atoms with Gasteiger partial charge in [-0.3, -0.25) is 9.63 Å². The van der Waals surface area contributed by atoms with Crippen molar-refractivity contribution >= 4 is 5.91 Å². The van der Waals surface area contributed by atoms with Crippen molar-refractivity contribution in [3.63, 3.8) is 0 Å².